The fourth-order valence-corrected chi connectivity index (χ4v) is 3.00. The third kappa shape index (κ3) is 4.47. The predicted molar refractivity (Wildman–Crippen MR) is 89.4 cm³/mol. The van der Waals surface area contributed by atoms with Crippen molar-refractivity contribution in [2.45, 2.75) is 39.7 Å². The summed E-state index contributed by atoms with van der Waals surface area (Å²) in [6.45, 7) is 9.95. The second-order valence-corrected chi connectivity index (χ2v) is 6.24. The lowest BCUT2D eigenvalue weighted by atomic mass is 9.97. The van der Waals surface area contributed by atoms with Crippen LogP contribution in [0.4, 0.5) is 0 Å². The summed E-state index contributed by atoms with van der Waals surface area (Å²) >= 11 is 0. The van der Waals surface area contributed by atoms with Gasteiger partial charge in [0, 0.05) is 19.1 Å². The highest BCUT2D eigenvalue weighted by Crippen LogP contribution is 2.20. The van der Waals surface area contributed by atoms with E-state index in [1.807, 2.05) is 31.2 Å². The Morgan fingerprint density at radius 3 is 2.91 bits per heavy atom. The van der Waals surface area contributed by atoms with Crippen LogP contribution in [0.5, 0.6) is 5.75 Å². The van der Waals surface area contributed by atoms with Crippen LogP contribution in [0.25, 0.3) is 0 Å². The first kappa shape index (κ1) is 16.8. The molecule has 0 bridgehead atoms. The van der Waals surface area contributed by atoms with Crippen LogP contribution < -0.4 is 10.1 Å². The van der Waals surface area contributed by atoms with Crippen molar-refractivity contribution in [1.82, 2.24) is 10.2 Å². The molecule has 0 spiro atoms. The molecule has 1 heterocycles. The Morgan fingerprint density at radius 2 is 2.18 bits per heavy atom. The van der Waals surface area contributed by atoms with Gasteiger partial charge >= 0.3 is 0 Å². The average molecular weight is 304 g/mol. The summed E-state index contributed by atoms with van der Waals surface area (Å²) in [6, 6.07) is 8.01. The standard InChI is InChI=1S/C18H28N2O2/c1-4-22-17-10-6-5-9-16(17)18(21)19-12-15-8-7-11-20(13-15)14(2)3/h5-6,9-10,14-15H,4,7-8,11-13H2,1-3H3,(H,19,21)/t15-/m1/s1. The summed E-state index contributed by atoms with van der Waals surface area (Å²) in [4.78, 5) is 14.9. The smallest absolute Gasteiger partial charge is 0.255 e. The number of hydrogen-bond acceptors (Lipinski definition) is 3. The SMILES string of the molecule is CCOc1ccccc1C(=O)NC[C@H]1CCCN(C(C)C)C1. The van der Waals surface area contributed by atoms with Crippen molar-refractivity contribution >= 4 is 5.91 Å². The number of nitrogens with zero attached hydrogens (tertiary/aromatic N) is 1. The summed E-state index contributed by atoms with van der Waals surface area (Å²) < 4.78 is 5.53. The summed E-state index contributed by atoms with van der Waals surface area (Å²) in [7, 11) is 0. The van der Waals surface area contributed by atoms with Crippen LogP contribution in [0.15, 0.2) is 24.3 Å². The third-order valence-corrected chi connectivity index (χ3v) is 4.26. The summed E-state index contributed by atoms with van der Waals surface area (Å²) in [5.74, 6) is 1.17. The first-order valence-corrected chi connectivity index (χ1v) is 8.36. The van der Waals surface area contributed by atoms with Gasteiger partial charge in [-0.05, 0) is 58.2 Å². The molecule has 0 saturated carbocycles. The molecule has 1 aromatic rings. The van der Waals surface area contributed by atoms with E-state index in [4.69, 9.17) is 4.74 Å². The Morgan fingerprint density at radius 1 is 1.41 bits per heavy atom. The van der Waals surface area contributed by atoms with Gasteiger partial charge in [-0.25, -0.2) is 0 Å². The van der Waals surface area contributed by atoms with E-state index in [0.29, 0.717) is 29.9 Å². The minimum absolute atomic E-state index is 0.0364. The molecule has 122 valence electrons. The van der Waals surface area contributed by atoms with E-state index in [1.165, 1.54) is 19.4 Å². The van der Waals surface area contributed by atoms with Gasteiger partial charge in [0.25, 0.3) is 5.91 Å². The Kier molecular flexibility index (Phi) is 6.25. The molecule has 1 saturated heterocycles. The van der Waals surface area contributed by atoms with Gasteiger partial charge in [-0.3, -0.25) is 4.79 Å². The topological polar surface area (TPSA) is 41.6 Å². The molecule has 1 aliphatic heterocycles. The summed E-state index contributed by atoms with van der Waals surface area (Å²) in [5.41, 5.74) is 0.626. The van der Waals surface area contributed by atoms with Crippen LogP contribution in [0, 0.1) is 5.92 Å². The minimum atomic E-state index is -0.0364. The molecule has 1 N–H and O–H groups in total. The Bertz CT molecular complexity index is 488. The molecule has 1 aliphatic rings. The highest BCUT2D eigenvalue weighted by molar-refractivity contribution is 5.96. The summed E-state index contributed by atoms with van der Waals surface area (Å²) in [6.07, 6.45) is 2.41. The van der Waals surface area contributed by atoms with Crippen LogP contribution in [0.3, 0.4) is 0 Å². The first-order chi connectivity index (χ1) is 10.6. The van der Waals surface area contributed by atoms with Gasteiger partial charge in [0.15, 0.2) is 0 Å². The maximum atomic E-state index is 12.4. The maximum Gasteiger partial charge on any atom is 0.255 e. The molecule has 2 rings (SSSR count). The number of benzene rings is 1. The zero-order chi connectivity index (χ0) is 15.9. The maximum absolute atomic E-state index is 12.4. The highest BCUT2D eigenvalue weighted by atomic mass is 16.5. The quantitative estimate of drug-likeness (QED) is 0.878. The third-order valence-electron chi connectivity index (χ3n) is 4.26. The van der Waals surface area contributed by atoms with Crippen LogP contribution in [0.1, 0.15) is 44.0 Å². The molecular formula is C18H28N2O2. The largest absolute Gasteiger partial charge is 0.493 e. The molecule has 4 nitrogen and oxygen atoms in total. The number of nitrogens with one attached hydrogen (secondary N) is 1. The van der Waals surface area contributed by atoms with Gasteiger partial charge in [0.05, 0.1) is 12.2 Å². The van der Waals surface area contributed by atoms with Crippen molar-refractivity contribution in [1.29, 1.82) is 0 Å². The van der Waals surface area contributed by atoms with Crippen molar-refractivity contribution < 1.29 is 9.53 Å². The number of amides is 1. The molecule has 1 aromatic carbocycles. The Hall–Kier alpha value is -1.55. The van der Waals surface area contributed by atoms with Gasteiger partial charge in [-0.15, -0.1) is 0 Å². The van der Waals surface area contributed by atoms with E-state index in [0.717, 1.165) is 13.1 Å². The number of carbonyl (C=O) groups excluding carboxylic acids is 1. The van der Waals surface area contributed by atoms with Crippen molar-refractivity contribution in [2.24, 2.45) is 5.92 Å². The average Bonchev–Trinajstić information content (AvgIpc) is 2.53. The molecule has 0 unspecified atom stereocenters. The van der Waals surface area contributed by atoms with Crippen molar-refractivity contribution in [3.05, 3.63) is 29.8 Å². The fourth-order valence-electron chi connectivity index (χ4n) is 3.00. The van der Waals surface area contributed by atoms with E-state index in [1.54, 1.807) is 0 Å². The van der Waals surface area contributed by atoms with E-state index < -0.39 is 0 Å². The van der Waals surface area contributed by atoms with E-state index in [2.05, 4.69) is 24.1 Å². The Labute approximate surface area is 133 Å². The number of piperidine rings is 1. The van der Waals surface area contributed by atoms with E-state index in [9.17, 15) is 4.79 Å². The van der Waals surface area contributed by atoms with E-state index in [-0.39, 0.29) is 5.91 Å². The monoisotopic (exact) mass is 304 g/mol. The number of likely N-dealkylation sites (tertiary alicyclic amines) is 1. The normalized spacial score (nSPS) is 19.2. The number of para-hydroxylation sites is 1. The van der Waals surface area contributed by atoms with Gasteiger partial charge in [-0.1, -0.05) is 12.1 Å². The first-order valence-electron chi connectivity index (χ1n) is 8.36. The lowest BCUT2D eigenvalue weighted by Crippen LogP contribution is -2.43. The zero-order valence-electron chi connectivity index (χ0n) is 14.0. The molecule has 22 heavy (non-hydrogen) atoms. The molecule has 1 fully saturated rings. The second-order valence-electron chi connectivity index (χ2n) is 6.24. The van der Waals surface area contributed by atoms with Gasteiger partial charge in [-0.2, -0.15) is 0 Å². The van der Waals surface area contributed by atoms with Crippen molar-refractivity contribution in [3.8, 4) is 5.75 Å². The van der Waals surface area contributed by atoms with Crippen LogP contribution in [-0.4, -0.2) is 43.1 Å². The van der Waals surface area contributed by atoms with Crippen LogP contribution in [0.2, 0.25) is 0 Å². The molecular weight excluding hydrogens is 276 g/mol. The number of ether oxygens (including phenoxy) is 1. The van der Waals surface area contributed by atoms with Crippen molar-refractivity contribution in [2.75, 3.05) is 26.2 Å². The number of carbonyl (C=O) groups is 1. The minimum Gasteiger partial charge on any atom is -0.493 e. The van der Waals surface area contributed by atoms with Crippen molar-refractivity contribution in [3.63, 3.8) is 0 Å². The zero-order valence-corrected chi connectivity index (χ0v) is 14.0. The number of rotatable bonds is 6. The molecule has 0 aliphatic carbocycles. The lowest BCUT2D eigenvalue weighted by molar-refractivity contribution is 0.0919. The van der Waals surface area contributed by atoms with Gasteiger partial charge in [0.1, 0.15) is 5.75 Å². The second kappa shape index (κ2) is 8.18. The highest BCUT2D eigenvalue weighted by Gasteiger charge is 2.22. The molecule has 4 heteroatoms. The van der Waals surface area contributed by atoms with E-state index >= 15 is 0 Å². The molecule has 0 radical (unpaired) electrons. The predicted octanol–water partition coefficient (Wildman–Crippen LogP) is 2.94. The lowest BCUT2D eigenvalue weighted by Gasteiger charge is -2.35. The van der Waals surface area contributed by atoms with Crippen LogP contribution in [-0.2, 0) is 0 Å². The molecule has 0 aromatic heterocycles. The fraction of sp³-hybridized carbons (Fsp3) is 0.611. The Balaban J connectivity index is 1.90. The molecule has 1 amide bonds. The van der Waals surface area contributed by atoms with Gasteiger partial charge in [0.2, 0.25) is 0 Å². The number of hydrogen-bond donors (Lipinski definition) is 1. The van der Waals surface area contributed by atoms with Gasteiger partial charge < -0.3 is 15.0 Å². The summed E-state index contributed by atoms with van der Waals surface area (Å²) in [5, 5.41) is 3.08. The molecule has 1 atom stereocenters. The van der Waals surface area contributed by atoms with Crippen LogP contribution >= 0.6 is 0 Å².